The fourth-order valence-electron chi connectivity index (χ4n) is 1.37. The van der Waals surface area contributed by atoms with E-state index < -0.39 is 0 Å². The molecule has 0 aliphatic carbocycles. The van der Waals surface area contributed by atoms with Gasteiger partial charge in [-0.05, 0) is 28.6 Å². The lowest BCUT2D eigenvalue weighted by molar-refractivity contribution is 0.658. The van der Waals surface area contributed by atoms with Crippen molar-refractivity contribution < 1.29 is 0 Å². The molecule has 1 aromatic heterocycles. The number of hydrogen-bond acceptors (Lipinski definition) is 4. The van der Waals surface area contributed by atoms with Gasteiger partial charge in [0.1, 0.15) is 11.0 Å². The summed E-state index contributed by atoms with van der Waals surface area (Å²) in [4.78, 5) is 11.9. The lowest BCUT2D eigenvalue weighted by Crippen LogP contribution is -2.26. The van der Waals surface area contributed by atoms with Crippen LogP contribution in [-0.2, 0) is 6.54 Å². The normalized spacial score (nSPS) is 11.9. The number of terminal acetylenes is 1. The second-order valence-corrected chi connectivity index (χ2v) is 5.86. The number of nitrogens with zero attached hydrogens (tertiary/aromatic N) is 2. The van der Waals surface area contributed by atoms with Crippen molar-refractivity contribution in [1.82, 2.24) is 9.78 Å². The van der Waals surface area contributed by atoms with E-state index in [4.69, 9.17) is 6.42 Å². The highest BCUT2D eigenvalue weighted by molar-refractivity contribution is 9.10. The molecule has 1 N–H and O–H groups in total. The molecule has 0 bridgehead atoms. The van der Waals surface area contributed by atoms with Gasteiger partial charge in [0.05, 0.1) is 11.9 Å². The van der Waals surface area contributed by atoms with Crippen LogP contribution in [0.2, 0.25) is 0 Å². The largest absolute Gasteiger partial charge is 0.379 e. The van der Waals surface area contributed by atoms with Crippen LogP contribution in [0.1, 0.15) is 13.8 Å². The van der Waals surface area contributed by atoms with Crippen LogP contribution in [0.4, 0.5) is 5.69 Å². The molecular formula is C12H16BrN3OS. The molecule has 0 amide bonds. The van der Waals surface area contributed by atoms with Crippen molar-refractivity contribution in [1.29, 1.82) is 0 Å². The van der Waals surface area contributed by atoms with E-state index in [0.717, 1.165) is 11.5 Å². The lowest BCUT2D eigenvalue weighted by atomic mass is 10.3. The molecule has 1 unspecified atom stereocenters. The van der Waals surface area contributed by atoms with Gasteiger partial charge in [-0.25, -0.2) is 4.68 Å². The molecule has 0 aromatic carbocycles. The Morgan fingerprint density at radius 1 is 1.72 bits per heavy atom. The monoisotopic (exact) mass is 329 g/mol. The molecule has 98 valence electrons. The maximum atomic E-state index is 11.9. The van der Waals surface area contributed by atoms with Gasteiger partial charge < -0.3 is 5.32 Å². The standard InChI is InChI=1S/C12H16BrN3OS/c1-4-6-16-12(17)11(13)10(7-14-16)15-9(3)8-18-5-2/h1,7,9,15H,5-6,8H2,2-3H3. The minimum Gasteiger partial charge on any atom is -0.379 e. The average Bonchev–Trinajstić information content (AvgIpc) is 2.36. The first-order chi connectivity index (χ1) is 8.60. The first kappa shape index (κ1) is 15.1. The zero-order valence-corrected chi connectivity index (χ0v) is 12.8. The van der Waals surface area contributed by atoms with Gasteiger partial charge in [0.25, 0.3) is 5.56 Å². The Labute approximate surface area is 120 Å². The molecule has 0 fully saturated rings. The minimum atomic E-state index is -0.215. The van der Waals surface area contributed by atoms with Crippen molar-refractivity contribution in [2.75, 3.05) is 16.8 Å². The zero-order valence-electron chi connectivity index (χ0n) is 10.4. The number of thioether (sulfide) groups is 1. The van der Waals surface area contributed by atoms with Crippen molar-refractivity contribution in [3.05, 3.63) is 21.0 Å². The topological polar surface area (TPSA) is 46.9 Å². The SMILES string of the molecule is C#CCn1ncc(NC(C)CSCC)c(Br)c1=O. The molecule has 0 spiro atoms. The predicted molar refractivity (Wildman–Crippen MR) is 81.1 cm³/mol. The summed E-state index contributed by atoms with van der Waals surface area (Å²) >= 11 is 5.14. The maximum Gasteiger partial charge on any atom is 0.284 e. The first-order valence-electron chi connectivity index (χ1n) is 5.63. The fourth-order valence-corrected chi connectivity index (χ4v) is 2.46. The summed E-state index contributed by atoms with van der Waals surface area (Å²) in [5.74, 6) is 4.46. The Morgan fingerprint density at radius 2 is 2.44 bits per heavy atom. The third-order valence-corrected chi connectivity index (χ3v) is 4.11. The van der Waals surface area contributed by atoms with Gasteiger partial charge in [-0.2, -0.15) is 16.9 Å². The lowest BCUT2D eigenvalue weighted by Gasteiger charge is -2.15. The van der Waals surface area contributed by atoms with Crippen LogP contribution in [0.5, 0.6) is 0 Å². The summed E-state index contributed by atoms with van der Waals surface area (Å²) in [6.45, 7) is 4.37. The molecule has 0 saturated heterocycles. The van der Waals surface area contributed by atoms with Crippen LogP contribution in [0.3, 0.4) is 0 Å². The fraction of sp³-hybridized carbons (Fsp3) is 0.500. The number of aromatic nitrogens is 2. The minimum absolute atomic E-state index is 0.180. The van der Waals surface area contributed by atoms with Gasteiger partial charge in [-0.1, -0.05) is 12.8 Å². The number of halogens is 1. The third kappa shape index (κ3) is 4.07. The smallest absolute Gasteiger partial charge is 0.284 e. The molecule has 0 aliphatic rings. The number of hydrogen-bond donors (Lipinski definition) is 1. The van der Waals surface area contributed by atoms with Crippen LogP contribution >= 0.6 is 27.7 Å². The molecule has 0 saturated carbocycles. The van der Waals surface area contributed by atoms with Crippen molar-refractivity contribution in [3.8, 4) is 12.3 Å². The molecule has 0 radical (unpaired) electrons. The van der Waals surface area contributed by atoms with Gasteiger partial charge in [0.2, 0.25) is 0 Å². The summed E-state index contributed by atoms with van der Waals surface area (Å²) in [6.07, 6.45) is 6.79. The zero-order chi connectivity index (χ0) is 13.5. The van der Waals surface area contributed by atoms with E-state index in [2.05, 4.69) is 46.1 Å². The molecule has 18 heavy (non-hydrogen) atoms. The van der Waals surface area contributed by atoms with Crippen LogP contribution in [0.25, 0.3) is 0 Å². The van der Waals surface area contributed by atoms with E-state index in [1.807, 2.05) is 11.8 Å². The van der Waals surface area contributed by atoms with E-state index >= 15 is 0 Å². The third-order valence-electron chi connectivity index (χ3n) is 2.20. The molecule has 1 heterocycles. The van der Waals surface area contributed by atoms with Crippen LogP contribution in [0, 0.1) is 12.3 Å². The number of nitrogens with one attached hydrogen (secondary N) is 1. The summed E-state index contributed by atoms with van der Waals surface area (Å²) in [5.41, 5.74) is 0.491. The summed E-state index contributed by atoms with van der Waals surface area (Å²) in [7, 11) is 0. The number of anilines is 1. The van der Waals surface area contributed by atoms with Crippen LogP contribution < -0.4 is 10.9 Å². The number of rotatable bonds is 6. The molecule has 1 aromatic rings. The van der Waals surface area contributed by atoms with Crippen molar-refractivity contribution in [2.24, 2.45) is 0 Å². The average molecular weight is 330 g/mol. The molecule has 4 nitrogen and oxygen atoms in total. The maximum absolute atomic E-state index is 11.9. The Morgan fingerprint density at radius 3 is 3.06 bits per heavy atom. The van der Waals surface area contributed by atoms with Crippen molar-refractivity contribution in [2.45, 2.75) is 26.4 Å². The van der Waals surface area contributed by atoms with Crippen molar-refractivity contribution >= 4 is 33.4 Å². The molecule has 0 aliphatic heterocycles. The first-order valence-corrected chi connectivity index (χ1v) is 7.58. The molecule has 1 rings (SSSR count). The quantitative estimate of drug-likeness (QED) is 0.813. The second-order valence-electron chi connectivity index (χ2n) is 3.74. The molecule has 6 heteroatoms. The Hall–Kier alpha value is -0.930. The Bertz CT molecular complexity index is 495. The summed E-state index contributed by atoms with van der Waals surface area (Å²) in [5, 5.41) is 7.28. The van der Waals surface area contributed by atoms with Crippen molar-refractivity contribution in [3.63, 3.8) is 0 Å². The highest BCUT2D eigenvalue weighted by Crippen LogP contribution is 2.18. The van der Waals surface area contributed by atoms with Gasteiger partial charge >= 0.3 is 0 Å². The van der Waals surface area contributed by atoms with E-state index in [1.165, 1.54) is 4.68 Å². The van der Waals surface area contributed by atoms with E-state index in [-0.39, 0.29) is 18.1 Å². The highest BCUT2D eigenvalue weighted by atomic mass is 79.9. The van der Waals surface area contributed by atoms with Gasteiger partial charge in [-0.3, -0.25) is 4.79 Å². The van der Waals surface area contributed by atoms with Gasteiger partial charge in [-0.15, -0.1) is 6.42 Å². The van der Waals surface area contributed by atoms with Crippen LogP contribution in [-0.4, -0.2) is 27.3 Å². The Balaban J connectivity index is 2.83. The van der Waals surface area contributed by atoms with Gasteiger partial charge in [0.15, 0.2) is 0 Å². The van der Waals surface area contributed by atoms with Gasteiger partial charge in [0, 0.05) is 11.8 Å². The highest BCUT2D eigenvalue weighted by Gasteiger charge is 2.10. The summed E-state index contributed by atoms with van der Waals surface area (Å²) in [6, 6.07) is 0.274. The molecular weight excluding hydrogens is 314 g/mol. The summed E-state index contributed by atoms with van der Waals surface area (Å²) < 4.78 is 1.72. The Kier molecular flexibility index (Phi) is 6.30. The van der Waals surface area contributed by atoms with Crippen LogP contribution in [0.15, 0.2) is 15.5 Å². The predicted octanol–water partition coefficient (Wildman–Crippen LogP) is 2.19. The van der Waals surface area contributed by atoms with E-state index in [1.54, 1.807) is 6.20 Å². The molecule has 1 atom stereocenters. The second kappa shape index (κ2) is 7.49. The van der Waals surface area contributed by atoms with E-state index in [0.29, 0.717) is 10.2 Å². The van der Waals surface area contributed by atoms with E-state index in [9.17, 15) is 4.79 Å².